The smallest absolute Gasteiger partial charge is 0.328 e. The standard InChI is InChI=1S/C11H12ClNO2/c1-8-4-5-10(9(12)7-8)13-6-2-3-11(14)15/h2-5,7,13H,6H2,1H3,(H,14,15)/b3-2+. The lowest BCUT2D eigenvalue weighted by molar-refractivity contribution is -0.131. The van der Waals surface area contributed by atoms with Gasteiger partial charge in [-0.1, -0.05) is 23.7 Å². The molecule has 1 rings (SSSR count). The fourth-order valence-corrected chi connectivity index (χ4v) is 1.39. The van der Waals surface area contributed by atoms with Crippen LogP contribution in [0.2, 0.25) is 5.02 Å². The van der Waals surface area contributed by atoms with E-state index in [9.17, 15) is 4.79 Å². The summed E-state index contributed by atoms with van der Waals surface area (Å²) in [6.45, 7) is 2.40. The Morgan fingerprint density at radius 3 is 2.93 bits per heavy atom. The quantitative estimate of drug-likeness (QED) is 0.775. The largest absolute Gasteiger partial charge is 0.478 e. The summed E-state index contributed by atoms with van der Waals surface area (Å²) in [4.78, 5) is 10.2. The van der Waals surface area contributed by atoms with Crippen LogP contribution in [0.25, 0.3) is 0 Å². The van der Waals surface area contributed by atoms with E-state index < -0.39 is 5.97 Å². The molecule has 3 nitrogen and oxygen atoms in total. The Labute approximate surface area is 93.4 Å². The highest BCUT2D eigenvalue weighted by atomic mass is 35.5. The van der Waals surface area contributed by atoms with Gasteiger partial charge in [-0.25, -0.2) is 4.79 Å². The zero-order chi connectivity index (χ0) is 11.3. The second kappa shape index (κ2) is 5.41. The number of rotatable bonds is 4. The molecule has 4 heteroatoms. The summed E-state index contributed by atoms with van der Waals surface area (Å²) in [6, 6.07) is 5.66. The third-order valence-electron chi connectivity index (χ3n) is 1.80. The number of hydrogen-bond acceptors (Lipinski definition) is 2. The van der Waals surface area contributed by atoms with Crippen LogP contribution in [0.1, 0.15) is 5.56 Å². The van der Waals surface area contributed by atoms with Crippen LogP contribution in [0.3, 0.4) is 0 Å². The molecular formula is C11H12ClNO2. The van der Waals surface area contributed by atoms with E-state index in [0.29, 0.717) is 11.6 Å². The number of aryl methyl sites for hydroxylation is 1. The predicted molar refractivity (Wildman–Crippen MR) is 61.5 cm³/mol. The molecule has 0 aliphatic rings. The topological polar surface area (TPSA) is 49.3 Å². The number of benzene rings is 1. The van der Waals surface area contributed by atoms with Crippen LogP contribution in [-0.2, 0) is 4.79 Å². The SMILES string of the molecule is Cc1ccc(NC/C=C/C(=O)O)c(Cl)c1. The van der Waals surface area contributed by atoms with Crippen molar-refractivity contribution in [1.82, 2.24) is 0 Å². The number of carbonyl (C=O) groups is 1. The highest BCUT2D eigenvalue weighted by Crippen LogP contribution is 2.22. The van der Waals surface area contributed by atoms with Crippen molar-refractivity contribution < 1.29 is 9.90 Å². The average molecular weight is 226 g/mol. The number of hydrogen-bond donors (Lipinski definition) is 2. The molecule has 2 N–H and O–H groups in total. The van der Waals surface area contributed by atoms with E-state index in [1.165, 1.54) is 6.08 Å². The number of halogens is 1. The lowest BCUT2D eigenvalue weighted by atomic mass is 10.2. The molecule has 0 aromatic heterocycles. The average Bonchev–Trinajstić information content (AvgIpc) is 2.14. The summed E-state index contributed by atoms with van der Waals surface area (Å²) in [7, 11) is 0. The van der Waals surface area contributed by atoms with Gasteiger partial charge in [-0.15, -0.1) is 0 Å². The molecule has 0 unspecified atom stereocenters. The molecule has 80 valence electrons. The van der Waals surface area contributed by atoms with Gasteiger partial charge in [-0.3, -0.25) is 0 Å². The van der Waals surface area contributed by atoms with Crippen LogP contribution in [0.15, 0.2) is 30.4 Å². The number of anilines is 1. The molecule has 0 radical (unpaired) electrons. The van der Waals surface area contributed by atoms with Crippen molar-refractivity contribution in [3.05, 3.63) is 40.9 Å². The summed E-state index contributed by atoms with van der Waals surface area (Å²) in [5, 5.41) is 12.0. The van der Waals surface area contributed by atoms with Crippen LogP contribution in [-0.4, -0.2) is 17.6 Å². The number of carboxylic acid groups (broad SMARTS) is 1. The van der Waals surface area contributed by atoms with Gasteiger partial charge in [0.05, 0.1) is 10.7 Å². The zero-order valence-electron chi connectivity index (χ0n) is 8.33. The fraction of sp³-hybridized carbons (Fsp3) is 0.182. The molecule has 0 heterocycles. The number of aliphatic carboxylic acids is 1. The zero-order valence-corrected chi connectivity index (χ0v) is 9.08. The highest BCUT2D eigenvalue weighted by Gasteiger charge is 1.97. The maximum absolute atomic E-state index is 10.2. The van der Waals surface area contributed by atoms with Crippen molar-refractivity contribution in [3.8, 4) is 0 Å². The first-order valence-electron chi connectivity index (χ1n) is 4.49. The van der Waals surface area contributed by atoms with Crippen LogP contribution in [0, 0.1) is 6.92 Å². The third-order valence-corrected chi connectivity index (χ3v) is 2.11. The molecule has 0 amide bonds. The summed E-state index contributed by atoms with van der Waals surface area (Å²) in [5.41, 5.74) is 1.89. The van der Waals surface area contributed by atoms with Crippen LogP contribution >= 0.6 is 11.6 Å². The Morgan fingerprint density at radius 1 is 1.60 bits per heavy atom. The second-order valence-electron chi connectivity index (χ2n) is 3.10. The molecule has 0 aliphatic heterocycles. The molecule has 0 spiro atoms. The van der Waals surface area contributed by atoms with Crippen molar-refractivity contribution in [3.63, 3.8) is 0 Å². The first kappa shape index (κ1) is 11.6. The van der Waals surface area contributed by atoms with Gasteiger partial charge < -0.3 is 10.4 Å². The third kappa shape index (κ3) is 4.04. The first-order chi connectivity index (χ1) is 7.09. The highest BCUT2D eigenvalue weighted by molar-refractivity contribution is 6.33. The minimum atomic E-state index is -0.952. The molecule has 0 saturated carbocycles. The van der Waals surface area contributed by atoms with Gasteiger partial charge in [-0.05, 0) is 24.6 Å². The van der Waals surface area contributed by atoms with Gasteiger partial charge in [0.2, 0.25) is 0 Å². The monoisotopic (exact) mass is 225 g/mol. The van der Waals surface area contributed by atoms with Crippen molar-refractivity contribution in [2.24, 2.45) is 0 Å². The first-order valence-corrected chi connectivity index (χ1v) is 4.87. The molecule has 15 heavy (non-hydrogen) atoms. The Hall–Kier alpha value is -1.48. The molecular weight excluding hydrogens is 214 g/mol. The minimum absolute atomic E-state index is 0.440. The molecule has 0 atom stereocenters. The maximum Gasteiger partial charge on any atom is 0.328 e. The molecule has 0 aliphatic carbocycles. The van der Waals surface area contributed by atoms with E-state index in [2.05, 4.69) is 5.32 Å². The van der Waals surface area contributed by atoms with Gasteiger partial charge in [0, 0.05) is 12.6 Å². The van der Waals surface area contributed by atoms with Crippen molar-refractivity contribution in [1.29, 1.82) is 0 Å². The van der Waals surface area contributed by atoms with E-state index in [4.69, 9.17) is 16.7 Å². The van der Waals surface area contributed by atoms with Crippen molar-refractivity contribution >= 4 is 23.3 Å². The van der Waals surface area contributed by atoms with E-state index in [0.717, 1.165) is 17.3 Å². The summed E-state index contributed by atoms with van der Waals surface area (Å²) in [5.74, 6) is -0.952. The second-order valence-corrected chi connectivity index (χ2v) is 3.51. The Bertz CT molecular complexity index is 388. The Morgan fingerprint density at radius 2 is 2.33 bits per heavy atom. The molecule has 1 aromatic carbocycles. The van der Waals surface area contributed by atoms with Crippen LogP contribution in [0.4, 0.5) is 5.69 Å². The maximum atomic E-state index is 10.2. The van der Waals surface area contributed by atoms with Crippen molar-refractivity contribution in [2.45, 2.75) is 6.92 Å². The normalized spacial score (nSPS) is 10.5. The lowest BCUT2D eigenvalue weighted by Crippen LogP contribution is -2.00. The molecule has 0 bridgehead atoms. The fourth-order valence-electron chi connectivity index (χ4n) is 1.09. The Kier molecular flexibility index (Phi) is 4.18. The summed E-state index contributed by atoms with van der Waals surface area (Å²) >= 11 is 5.97. The van der Waals surface area contributed by atoms with Gasteiger partial charge in [-0.2, -0.15) is 0 Å². The lowest BCUT2D eigenvalue weighted by Gasteiger charge is -2.06. The summed E-state index contributed by atoms with van der Waals surface area (Å²) in [6.07, 6.45) is 2.62. The Balaban J connectivity index is 2.54. The minimum Gasteiger partial charge on any atom is -0.478 e. The van der Waals surface area contributed by atoms with Crippen molar-refractivity contribution in [2.75, 3.05) is 11.9 Å². The van der Waals surface area contributed by atoms with Gasteiger partial charge in [0.1, 0.15) is 0 Å². The van der Waals surface area contributed by atoms with Gasteiger partial charge in [0.15, 0.2) is 0 Å². The van der Waals surface area contributed by atoms with Gasteiger partial charge >= 0.3 is 5.97 Å². The predicted octanol–water partition coefficient (Wildman–Crippen LogP) is 2.70. The number of nitrogens with one attached hydrogen (secondary N) is 1. The van der Waals surface area contributed by atoms with Crippen LogP contribution < -0.4 is 5.32 Å². The van der Waals surface area contributed by atoms with Crippen LogP contribution in [0.5, 0.6) is 0 Å². The number of carboxylic acids is 1. The molecule has 1 aromatic rings. The van der Waals surface area contributed by atoms with E-state index >= 15 is 0 Å². The van der Waals surface area contributed by atoms with Gasteiger partial charge in [0.25, 0.3) is 0 Å². The molecule has 0 fully saturated rings. The van der Waals surface area contributed by atoms with E-state index in [1.807, 2.05) is 25.1 Å². The summed E-state index contributed by atoms with van der Waals surface area (Å²) < 4.78 is 0. The van der Waals surface area contributed by atoms with E-state index in [-0.39, 0.29) is 0 Å². The van der Waals surface area contributed by atoms with E-state index in [1.54, 1.807) is 0 Å². The molecule has 0 saturated heterocycles.